The number of fused-ring (bicyclic) bond motifs is 1. The second-order valence-electron chi connectivity index (χ2n) is 7.27. The molecule has 4 rings (SSSR count). The largest absolute Gasteiger partial charge is 0.434 e. The molecule has 3 nitrogen and oxygen atoms in total. The first-order valence-corrected chi connectivity index (χ1v) is 8.88. The van der Waals surface area contributed by atoms with Gasteiger partial charge in [-0.2, -0.15) is 8.78 Å². The Bertz CT molecular complexity index is 715. The van der Waals surface area contributed by atoms with Crippen LogP contribution in [0.4, 0.5) is 8.78 Å². The minimum Gasteiger partial charge on any atom is -0.434 e. The second kappa shape index (κ2) is 6.36. The van der Waals surface area contributed by atoms with E-state index < -0.39 is 6.61 Å². The normalized spacial score (nSPS) is 20.2. The summed E-state index contributed by atoms with van der Waals surface area (Å²) in [6.07, 6.45) is 7.14. The van der Waals surface area contributed by atoms with Gasteiger partial charge in [0.25, 0.3) is 0 Å². The molecule has 0 radical (unpaired) electrons. The third kappa shape index (κ3) is 3.14. The summed E-state index contributed by atoms with van der Waals surface area (Å²) in [6.45, 7) is 1.90. The molecule has 1 aromatic heterocycles. The molecule has 2 aromatic rings. The lowest BCUT2D eigenvalue weighted by Gasteiger charge is -2.32. The van der Waals surface area contributed by atoms with Gasteiger partial charge in [0.05, 0.1) is 0 Å². The van der Waals surface area contributed by atoms with Crippen LogP contribution < -0.4 is 4.74 Å². The van der Waals surface area contributed by atoms with Crippen molar-refractivity contribution < 1.29 is 13.5 Å². The summed E-state index contributed by atoms with van der Waals surface area (Å²) in [6, 6.07) is 3.70. The molecule has 0 unspecified atom stereocenters. The number of rotatable bonds is 5. The van der Waals surface area contributed by atoms with Crippen LogP contribution in [0.2, 0.25) is 0 Å². The number of aryl methyl sites for hydroxylation is 1. The maximum absolute atomic E-state index is 12.8. The number of aromatic nitrogens is 1. The predicted molar refractivity (Wildman–Crippen MR) is 90.4 cm³/mol. The van der Waals surface area contributed by atoms with Crippen molar-refractivity contribution in [3.05, 3.63) is 29.5 Å². The number of nitrogens with one attached hydrogen (secondary N) is 1. The highest BCUT2D eigenvalue weighted by Crippen LogP contribution is 2.42. The van der Waals surface area contributed by atoms with E-state index in [0.29, 0.717) is 12.3 Å². The average Bonchev–Trinajstić information content (AvgIpc) is 3.28. The third-order valence-electron chi connectivity index (χ3n) is 5.63. The van der Waals surface area contributed by atoms with Gasteiger partial charge in [-0.05, 0) is 75.2 Å². The molecule has 130 valence electrons. The molecule has 24 heavy (non-hydrogen) atoms. The van der Waals surface area contributed by atoms with Gasteiger partial charge in [0.1, 0.15) is 5.75 Å². The molecule has 5 heteroatoms. The van der Waals surface area contributed by atoms with Crippen LogP contribution in [0, 0.1) is 18.8 Å². The van der Waals surface area contributed by atoms with E-state index in [9.17, 15) is 8.78 Å². The minimum atomic E-state index is -2.79. The number of alkyl halides is 2. The molecule has 0 atom stereocenters. The molecule has 1 N–H and O–H groups in total. The van der Waals surface area contributed by atoms with Crippen LogP contribution in [0.5, 0.6) is 5.75 Å². The highest BCUT2D eigenvalue weighted by Gasteiger charge is 2.33. The molecule has 0 amide bonds. The van der Waals surface area contributed by atoms with Gasteiger partial charge < -0.3 is 9.72 Å². The molecule has 1 saturated heterocycles. The van der Waals surface area contributed by atoms with Crippen molar-refractivity contribution >= 4 is 10.9 Å². The zero-order valence-electron chi connectivity index (χ0n) is 14.0. The minimum absolute atomic E-state index is 0.318. The Morgan fingerprint density at radius 1 is 1.21 bits per heavy atom. The van der Waals surface area contributed by atoms with Gasteiger partial charge >= 0.3 is 6.61 Å². The molecule has 1 aliphatic carbocycles. The summed E-state index contributed by atoms with van der Waals surface area (Å²) in [5, 5.41) is 0.995. The number of piperidine rings is 1. The lowest BCUT2D eigenvalue weighted by molar-refractivity contribution is -0.0507. The van der Waals surface area contributed by atoms with Gasteiger partial charge in [0, 0.05) is 29.2 Å². The number of benzene rings is 1. The molecule has 0 spiro atoms. The number of H-pyrrole nitrogens is 1. The Labute approximate surface area is 141 Å². The molecule has 1 aromatic carbocycles. The van der Waals surface area contributed by atoms with Crippen LogP contribution in [0.25, 0.3) is 10.9 Å². The highest BCUT2D eigenvalue weighted by molar-refractivity contribution is 5.88. The lowest BCUT2D eigenvalue weighted by Crippen LogP contribution is -2.34. The highest BCUT2D eigenvalue weighted by atomic mass is 19.3. The van der Waals surface area contributed by atoms with Crippen LogP contribution in [-0.2, 0) is 6.54 Å². The van der Waals surface area contributed by atoms with Crippen LogP contribution >= 0.6 is 0 Å². The van der Waals surface area contributed by atoms with Gasteiger partial charge in [-0.1, -0.05) is 0 Å². The molecule has 2 fully saturated rings. The first-order chi connectivity index (χ1) is 11.6. The number of likely N-dealkylation sites (tertiary alicyclic amines) is 1. The van der Waals surface area contributed by atoms with E-state index in [0.717, 1.165) is 47.0 Å². The van der Waals surface area contributed by atoms with Gasteiger partial charge in [-0.3, -0.25) is 4.90 Å². The van der Waals surface area contributed by atoms with Crippen molar-refractivity contribution in [1.82, 2.24) is 9.88 Å². The second-order valence-corrected chi connectivity index (χ2v) is 7.27. The van der Waals surface area contributed by atoms with Crippen molar-refractivity contribution in [2.75, 3.05) is 13.1 Å². The molecule has 2 heterocycles. The smallest absolute Gasteiger partial charge is 0.387 e. The molecule has 0 bridgehead atoms. The third-order valence-corrected chi connectivity index (χ3v) is 5.63. The van der Waals surface area contributed by atoms with Gasteiger partial charge in [0.15, 0.2) is 0 Å². The van der Waals surface area contributed by atoms with Crippen molar-refractivity contribution in [3.8, 4) is 5.75 Å². The zero-order chi connectivity index (χ0) is 16.7. The lowest BCUT2D eigenvalue weighted by atomic mass is 9.91. The van der Waals surface area contributed by atoms with Crippen LogP contribution in [0.1, 0.15) is 36.8 Å². The monoisotopic (exact) mass is 334 g/mol. The first-order valence-electron chi connectivity index (χ1n) is 8.88. The van der Waals surface area contributed by atoms with Crippen molar-refractivity contribution in [1.29, 1.82) is 0 Å². The molecular formula is C19H24F2N2O. The van der Waals surface area contributed by atoms with Crippen molar-refractivity contribution in [2.45, 2.75) is 45.8 Å². The summed E-state index contributed by atoms with van der Waals surface area (Å²) in [7, 11) is 0. The fraction of sp³-hybridized carbons (Fsp3) is 0.579. The van der Waals surface area contributed by atoms with E-state index in [1.165, 1.54) is 25.7 Å². The van der Waals surface area contributed by atoms with E-state index in [4.69, 9.17) is 4.74 Å². The molecule has 2 aliphatic rings. The van der Waals surface area contributed by atoms with Crippen LogP contribution in [0.3, 0.4) is 0 Å². The number of ether oxygens (including phenoxy) is 1. The maximum atomic E-state index is 12.8. The first kappa shape index (κ1) is 15.9. The number of halogens is 2. The zero-order valence-corrected chi connectivity index (χ0v) is 14.0. The van der Waals surface area contributed by atoms with E-state index in [1.807, 2.05) is 19.2 Å². The summed E-state index contributed by atoms with van der Waals surface area (Å²) in [5.74, 6) is 2.16. The Morgan fingerprint density at radius 2 is 1.92 bits per heavy atom. The van der Waals surface area contributed by atoms with Crippen LogP contribution in [0.15, 0.2) is 18.3 Å². The Morgan fingerprint density at radius 3 is 2.58 bits per heavy atom. The summed E-state index contributed by atoms with van der Waals surface area (Å²) < 4.78 is 30.5. The Balaban J connectivity index is 1.57. The topological polar surface area (TPSA) is 28.3 Å². The van der Waals surface area contributed by atoms with Crippen molar-refractivity contribution in [2.24, 2.45) is 11.8 Å². The van der Waals surface area contributed by atoms with E-state index in [2.05, 4.69) is 9.88 Å². The van der Waals surface area contributed by atoms with E-state index in [-0.39, 0.29) is 0 Å². The summed E-state index contributed by atoms with van der Waals surface area (Å²) in [5.41, 5.74) is 2.82. The average molecular weight is 334 g/mol. The van der Waals surface area contributed by atoms with E-state index in [1.54, 1.807) is 6.07 Å². The Hall–Kier alpha value is -1.62. The maximum Gasteiger partial charge on any atom is 0.387 e. The Kier molecular flexibility index (Phi) is 4.21. The van der Waals surface area contributed by atoms with Gasteiger partial charge in [-0.15, -0.1) is 0 Å². The molecule has 1 aliphatic heterocycles. The fourth-order valence-corrected chi connectivity index (χ4v) is 4.17. The summed E-state index contributed by atoms with van der Waals surface area (Å²) in [4.78, 5) is 5.60. The van der Waals surface area contributed by atoms with E-state index >= 15 is 0 Å². The molecular weight excluding hydrogens is 310 g/mol. The predicted octanol–water partition coefficient (Wildman–Crippen LogP) is 4.70. The van der Waals surface area contributed by atoms with Gasteiger partial charge in [-0.25, -0.2) is 0 Å². The number of nitrogens with zero attached hydrogens (tertiary/aromatic N) is 1. The number of aromatic amines is 1. The number of hydrogen-bond donors (Lipinski definition) is 1. The summed E-state index contributed by atoms with van der Waals surface area (Å²) >= 11 is 0. The van der Waals surface area contributed by atoms with Crippen LogP contribution in [-0.4, -0.2) is 29.6 Å². The standard InChI is InChI=1S/C19H24F2N2O/c1-12-10-17(24-19(20)21)16(15-4-7-22-18(12)15)11-23-8-5-14(6-9-23)13-2-3-13/h4,7,10,13-14,19,22H,2-3,5-6,8-9,11H2,1H3. The van der Waals surface area contributed by atoms with Crippen molar-refractivity contribution in [3.63, 3.8) is 0 Å². The fourth-order valence-electron chi connectivity index (χ4n) is 4.17. The quantitative estimate of drug-likeness (QED) is 0.858. The SMILES string of the molecule is Cc1cc(OC(F)F)c(CN2CCC(C3CC3)CC2)c2cc[nH]c12. The van der Waals surface area contributed by atoms with Gasteiger partial charge in [0.2, 0.25) is 0 Å². The molecule has 1 saturated carbocycles. The number of hydrogen-bond acceptors (Lipinski definition) is 2.